The monoisotopic (exact) mass is 437 g/mol. The van der Waals surface area contributed by atoms with Gasteiger partial charge in [-0.3, -0.25) is 4.79 Å². The summed E-state index contributed by atoms with van der Waals surface area (Å²) >= 11 is 0. The summed E-state index contributed by atoms with van der Waals surface area (Å²) in [6.07, 6.45) is 10.6. The highest BCUT2D eigenvalue weighted by Gasteiger charge is 2.22. The number of hydrogen-bond donors (Lipinski definition) is 2. The Bertz CT molecular complexity index is 793. The van der Waals surface area contributed by atoms with Crippen molar-refractivity contribution in [3.05, 3.63) is 48.0 Å². The lowest BCUT2D eigenvalue weighted by Crippen LogP contribution is -2.41. The summed E-state index contributed by atoms with van der Waals surface area (Å²) in [5.74, 6) is 0.975. The number of nitrogens with zero attached hydrogens (tertiary/aromatic N) is 1. The molecule has 4 heteroatoms. The predicted octanol–water partition coefficient (Wildman–Crippen LogP) is 5.16. The van der Waals surface area contributed by atoms with Crippen molar-refractivity contribution in [2.45, 2.75) is 64.7 Å². The number of hydrogen-bond acceptors (Lipinski definition) is 3. The first-order valence-electron chi connectivity index (χ1n) is 12.9. The number of fused-ring (bicyclic) bond motifs is 1. The van der Waals surface area contributed by atoms with E-state index >= 15 is 0 Å². The average Bonchev–Trinajstić information content (AvgIpc) is 2.83. The van der Waals surface area contributed by atoms with E-state index in [1.165, 1.54) is 55.8 Å². The maximum absolute atomic E-state index is 12.9. The highest BCUT2D eigenvalue weighted by molar-refractivity contribution is 5.90. The first-order valence-corrected chi connectivity index (χ1v) is 12.9. The number of piperidine rings is 1. The van der Waals surface area contributed by atoms with Crippen molar-refractivity contribution >= 4 is 16.7 Å². The molecular formula is C28H43N3O. The molecular weight excluding hydrogens is 394 g/mol. The van der Waals surface area contributed by atoms with Crippen molar-refractivity contribution in [1.82, 2.24) is 15.5 Å². The fraction of sp³-hybridized carbons (Fsp3) is 0.607. The number of rotatable bonds is 14. The Morgan fingerprint density at radius 2 is 1.56 bits per heavy atom. The fourth-order valence-electron chi connectivity index (χ4n) is 4.72. The predicted molar refractivity (Wildman–Crippen MR) is 136 cm³/mol. The van der Waals surface area contributed by atoms with Crippen molar-refractivity contribution in [2.24, 2.45) is 5.92 Å². The SMILES string of the molecule is CCCCCCNCCCCNCC1CCN(C(=O)Cc2cccc3ccccc23)CC1. The van der Waals surface area contributed by atoms with Gasteiger partial charge in [-0.1, -0.05) is 68.7 Å². The Labute approximate surface area is 195 Å². The van der Waals surface area contributed by atoms with E-state index in [0.29, 0.717) is 12.3 Å². The second kappa shape index (κ2) is 14.3. The van der Waals surface area contributed by atoms with Gasteiger partial charge in [-0.15, -0.1) is 0 Å². The van der Waals surface area contributed by atoms with Crippen molar-refractivity contribution in [3.63, 3.8) is 0 Å². The number of nitrogens with one attached hydrogen (secondary N) is 2. The molecule has 1 saturated heterocycles. The molecule has 2 N–H and O–H groups in total. The van der Waals surface area contributed by atoms with Gasteiger partial charge >= 0.3 is 0 Å². The van der Waals surface area contributed by atoms with E-state index < -0.39 is 0 Å². The molecule has 3 rings (SSSR count). The Balaban J connectivity index is 1.25. The molecule has 4 nitrogen and oxygen atoms in total. The van der Waals surface area contributed by atoms with Crippen molar-refractivity contribution in [3.8, 4) is 0 Å². The van der Waals surface area contributed by atoms with Crippen LogP contribution >= 0.6 is 0 Å². The number of carbonyl (C=O) groups excluding carboxylic acids is 1. The van der Waals surface area contributed by atoms with E-state index in [0.717, 1.165) is 51.1 Å². The number of carbonyl (C=O) groups is 1. The van der Waals surface area contributed by atoms with E-state index in [9.17, 15) is 4.79 Å². The minimum Gasteiger partial charge on any atom is -0.342 e. The molecule has 0 aliphatic carbocycles. The van der Waals surface area contributed by atoms with Gasteiger partial charge in [0.2, 0.25) is 5.91 Å². The molecule has 176 valence electrons. The highest BCUT2D eigenvalue weighted by Crippen LogP contribution is 2.21. The molecule has 0 saturated carbocycles. The van der Waals surface area contributed by atoms with E-state index in [1.807, 2.05) is 0 Å². The van der Waals surface area contributed by atoms with Gasteiger partial charge in [0.1, 0.15) is 0 Å². The van der Waals surface area contributed by atoms with Gasteiger partial charge in [0.25, 0.3) is 0 Å². The molecule has 0 atom stereocenters. The molecule has 0 spiro atoms. The minimum absolute atomic E-state index is 0.273. The van der Waals surface area contributed by atoms with E-state index in [-0.39, 0.29) is 5.91 Å². The molecule has 1 aliphatic heterocycles. The van der Waals surface area contributed by atoms with Crippen LogP contribution in [0.1, 0.15) is 63.9 Å². The van der Waals surface area contributed by atoms with Crippen LogP contribution in [0.4, 0.5) is 0 Å². The first-order chi connectivity index (χ1) is 15.8. The molecule has 32 heavy (non-hydrogen) atoms. The Morgan fingerprint density at radius 1 is 0.875 bits per heavy atom. The summed E-state index contributed by atoms with van der Waals surface area (Å²) in [4.78, 5) is 15.0. The van der Waals surface area contributed by atoms with Gasteiger partial charge < -0.3 is 15.5 Å². The summed E-state index contributed by atoms with van der Waals surface area (Å²) in [5.41, 5.74) is 1.15. The summed E-state index contributed by atoms with van der Waals surface area (Å²) in [6, 6.07) is 14.6. The minimum atomic E-state index is 0.273. The van der Waals surface area contributed by atoms with Crippen LogP contribution in [-0.2, 0) is 11.2 Å². The Kier molecular flexibility index (Phi) is 11.0. The second-order valence-corrected chi connectivity index (χ2v) is 9.36. The highest BCUT2D eigenvalue weighted by atomic mass is 16.2. The van der Waals surface area contributed by atoms with Crippen LogP contribution in [-0.4, -0.2) is 50.1 Å². The molecule has 0 aromatic heterocycles. The van der Waals surface area contributed by atoms with Crippen molar-refractivity contribution in [1.29, 1.82) is 0 Å². The maximum atomic E-state index is 12.9. The standard InChI is InChI=1S/C28H43N3O/c1-2-3-4-7-17-29-18-8-9-19-30-23-24-15-20-31(21-16-24)28(32)22-26-13-10-12-25-11-5-6-14-27(25)26/h5-6,10-14,24,29-30H,2-4,7-9,15-23H2,1H3. The number of unbranched alkanes of at least 4 members (excludes halogenated alkanes) is 4. The largest absolute Gasteiger partial charge is 0.342 e. The quantitative estimate of drug-likeness (QED) is 0.401. The zero-order valence-electron chi connectivity index (χ0n) is 20.1. The Morgan fingerprint density at radius 3 is 2.34 bits per heavy atom. The lowest BCUT2D eigenvalue weighted by molar-refractivity contribution is -0.131. The third-order valence-electron chi connectivity index (χ3n) is 6.79. The molecule has 2 aromatic carbocycles. The number of benzene rings is 2. The van der Waals surface area contributed by atoms with Gasteiger partial charge in [0, 0.05) is 13.1 Å². The summed E-state index contributed by atoms with van der Waals surface area (Å²) < 4.78 is 0. The smallest absolute Gasteiger partial charge is 0.227 e. The fourth-order valence-corrected chi connectivity index (χ4v) is 4.72. The molecule has 2 aromatic rings. The lowest BCUT2D eigenvalue weighted by atomic mass is 9.95. The van der Waals surface area contributed by atoms with Crippen LogP contribution in [0, 0.1) is 5.92 Å². The Hall–Kier alpha value is -1.91. The average molecular weight is 438 g/mol. The van der Waals surface area contributed by atoms with E-state index in [2.05, 4.69) is 64.9 Å². The molecule has 0 radical (unpaired) electrons. The first kappa shape index (κ1) is 24.7. The topological polar surface area (TPSA) is 44.4 Å². The molecule has 1 heterocycles. The van der Waals surface area contributed by atoms with Crippen LogP contribution in [0.15, 0.2) is 42.5 Å². The van der Waals surface area contributed by atoms with E-state index in [1.54, 1.807) is 0 Å². The van der Waals surface area contributed by atoms with Gasteiger partial charge in [0.15, 0.2) is 0 Å². The normalized spacial score (nSPS) is 14.8. The molecule has 1 fully saturated rings. The third kappa shape index (κ3) is 8.22. The molecule has 1 aliphatic rings. The van der Waals surface area contributed by atoms with Gasteiger partial charge in [-0.25, -0.2) is 0 Å². The lowest BCUT2D eigenvalue weighted by Gasteiger charge is -2.32. The molecule has 1 amide bonds. The van der Waals surface area contributed by atoms with Crippen molar-refractivity contribution in [2.75, 3.05) is 39.3 Å². The van der Waals surface area contributed by atoms with Gasteiger partial charge in [-0.05, 0) is 80.5 Å². The zero-order chi connectivity index (χ0) is 22.4. The van der Waals surface area contributed by atoms with Crippen LogP contribution < -0.4 is 10.6 Å². The zero-order valence-corrected chi connectivity index (χ0v) is 20.1. The third-order valence-corrected chi connectivity index (χ3v) is 6.79. The van der Waals surface area contributed by atoms with Crippen LogP contribution in [0.2, 0.25) is 0 Å². The van der Waals surface area contributed by atoms with E-state index in [4.69, 9.17) is 0 Å². The van der Waals surface area contributed by atoms with Gasteiger partial charge in [0.05, 0.1) is 6.42 Å². The summed E-state index contributed by atoms with van der Waals surface area (Å²) in [6.45, 7) is 8.58. The second-order valence-electron chi connectivity index (χ2n) is 9.36. The summed E-state index contributed by atoms with van der Waals surface area (Å²) in [5, 5.41) is 9.62. The molecule has 0 bridgehead atoms. The van der Waals surface area contributed by atoms with Crippen molar-refractivity contribution < 1.29 is 4.79 Å². The molecule has 0 unspecified atom stereocenters. The van der Waals surface area contributed by atoms with Crippen LogP contribution in [0.5, 0.6) is 0 Å². The maximum Gasteiger partial charge on any atom is 0.227 e. The number of likely N-dealkylation sites (tertiary alicyclic amines) is 1. The van der Waals surface area contributed by atoms with Gasteiger partial charge in [-0.2, -0.15) is 0 Å². The van der Waals surface area contributed by atoms with Crippen LogP contribution in [0.3, 0.4) is 0 Å². The van der Waals surface area contributed by atoms with Crippen LogP contribution in [0.25, 0.3) is 10.8 Å². The summed E-state index contributed by atoms with van der Waals surface area (Å²) in [7, 11) is 0. The number of amides is 1.